The summed E-state index contributed by atoms with van der Waals surface area (Å²) >= 11 is 5.84. The van der Waals surface area contributed by atoms with E-state index in [0.717, 1.165) is 11.6 Å². The summed E-state index contributed by atoms with van der Waals surface area (Å²) in [7, 11) is 0. The summed E-state index contributed by atoms with van der Waals surface area (Å²) in [5.74, 6) is -1.04. The van der Waals surface area contributed by atoms with Crippen LogP contribution in [0.4, 0.5) is 13.2 Å². The third kappa shape index (κ3) is 4.65. The van der Waals surface area contributed by atoms with E-state index < -0.39 is 22.7 Å². The van der Waals surface area contributed by atoms with Gasteiger partial charge in [0.05, 0.1) is 16.5 Å². The van der Waals surface area contributed by atoms with Crippen LogP contribution in [0.2, 0.25) is 5.02 Å². The summed E-state index contributed by atoms with van der Waals surface area (Å²) in [5, 5.41) is 2.17. The first-order valence-electron chi connectivity index (χ1n) is 8.69. The molecule has 1 heterocycles. The van der Waals surface area contributed by atoms with Gasteiger partial charge in [0.1, 0.15) is 0 Å². The molecule has 148 valence electrons. The van der Waals surface area contributed by atoms with Gasteiger partial charge < -0.3 is 10.2 Å². The molecule has 1 fully saturated rings. The van der Waals surface area contributed by atoms with Gasteiger partial charge in [-0.3, -0.25) is 9.59 Å². The second kappa shape index (κ2) is 8.22. The standard InChI is InChI=1S/C20H18ClF3N2O2/c21-18-14(7-4-8-16(18)20(22,23)24)10-25-19(28)15-9-17(27)26(12-15)11-13-5-2-1-3-6-13/h1-8,15H,9-12H2,(H,25,28). The highest BCUT2D eigenvalue weighted by atomic mass is 35.5. The van der Waals surface area contributed by atoms with Crippen molar-refractivity contribution in [2.45, 2.75) is 25.7 Å². The Balaban J connectivity index is 1.60. The van der Waals surface area contributed by atoms with E-state index in [9.17, 15) is 22.8 Å². The minimum Gasteiger partial charge on any atom is -0.352 e. The fourth-order valence-corrected chi connectivity index (χ4v) is 3.47. The van der Waals surface area contributed by atoms with Crippen molar-refractivity contribution in [2.75, 3.05) is 6.54 Å². The van der Waals surface area contributed by atoms with Gasteiger partial charge in [-0.15, -0.1) is 0 Å². The predicted molar refractivity (Wildman–Crippen MR) is 98.3 cm³/mol. The van der Waals surface area contributed by atoms with Gasteiger partial charge in [0.15, 0.2) is 0 Å². The van der Waals surface area contributed by atoms with Crippen molar-refractivity contribution in [2.24, 2.45) is 5.92 Å². The molecule has 1 N–H and O–H groups in total. The van der Waals surface area contributed by atoms with Crippen LogP contribution in [0.3, 0.4) is 0 Å². The Bertz CT molecular complexity index is 871. The van der Waals surface area contributed by atoms with E-state index in [1.165, 1.54) is 12.1 Å². The minimum absolute atomic E-state index is 0.0784. The second-order valence-electron chi connectivity index (χ2n) is 6.66. The van der Waals surface area contributed by atoms with Crippen molar-refractivity contribution < 1.29 is 22.8 Å². The van der Waals surface area contributed by atoms with E-state index >= 15 is 0 Å². The number of nitrogens with zero attached hydrogens (tertiary/aromatic N) is 1. The number of nitrogens with one attached hydrogen (secondary N) is 1. The Morgan fingerprint density at radius 2 is 1.86 bits per heavy atom. The van der Waals surface area contributed by atoms with Crippen molar-refractivity contribution in [1.29, 1.82) is 0 Å². The molecule has 2 amide bonds. The maximum absolute atomic E-state index is 12.9. The number of carbonyl (C=O) groups is 2. The first-order valence-corrected chi connectivity index (χ1v) is 9.07. The van der Waals surface area contributed by atoms with Crippen LogP contribution in [0.25, 0.3) is 0 Å². The van der Waals surface area contributed by atoms with Gasteiger partial charge in [-0.2, -0.15) is 13.2 Å². The molecule has 2 aromatic rings. The van der Waals surface area contributed by atoms with Gasteiger partial charge in [-0.25, -0.2) is 0 Å². The first-order chi connectivity index (χ1) is 13.3. The van der Waals surface area contributed by atoms with E-state index in [1.54, 1.807) is 4.90 Å². The summed E-state index contributed by atoms with van der Waals surface area (Å²) < 4.78 is 38.8. The molecule has 1 aliphatic rings. The number of hydrogen-bond acceptors (Lipinski definition) is 2. The smallest absolute Gasteiger partial charge is 0.352 e. The number of halogens is 4. The molecule has 0 bridgehead atoms. The Morgan fingerprint density at radius 1 is 1.14 bits per heavy atom. The van der Waals surface area contributed by atoms with Gasteiger partial charge in [0.25, 0.3) is 0 Å². The molecule has 3 rings (SSSR count). The van der Waals surface area contributed by atoms with Crippen molar-refractivity contribution in [1.82, 2.24) is 10.2 Å². The molecular formula is C20H18ClF3N2O2. The van der Waals surface area contributed by atoms with Crippen LogP contribution in [0.1, 0.15) is 23.1 Å². The Morgan fingerprint density at radius 3 is 2.54 bits per heavy atom. The van der Waals surface area contributed by atoms with Crippen LogP contribution in [-0.4, -0.2) is 23.3 Å². The molecule has 0 radical (unpaired) electrons. The lowest BCUT2D eigenvalue weighted by Gasteiger charge is -2.17. The fourth-order valence-electron chi connectivity index (χ4n) is 3.17. The molecule has 0 aromatic heterocycles. The van der Waals surface area contributed by atoms with E-state index in [-0.39, 0.29) is 36.9 Å². The summed E-state index contributed by atoms with van der Waals surface area (Å²) in [6.07, 6.45) is -4.48. The number of likely N-dealkylation sites (tertiary alicyclic amines) is 1. The molecule has 1 aliphatic heterocycles. The van der Waals surface area contributed by atoms with Crippen molar-refractivity contribution in [3.8, 4) is 0 Å². The van der Waals surface area contributed by atoms with E-state index in [4.69, 9.17) is 11.6 Å². The molecule has 1 atom stereocenters. The van der Waals surface area contributed by atoms with E-state index in [0.29, 0.717) is 6.54 Å². The highest BCUT2D eigenvalue weighted by molar-refractivity contribution is 6.32. The lowest BCUT2D eigenvalue weighted by molar-refractivity contribution is -0.137. The highest BCUT2D eigenvalue weighted by Gasteiger charge is 2.35. The highest BCUT2D eigenvalue weighted by Crippen LogP contribution is 2.36. The van der Waals surface area contributed by atoms with Crippen molar-refractivity contribution >= 4 is 23.4 Å². The Hall–Kier alpha value is -2.54. The lowest BCUT2D eigenvalue weighted by atomic mass is 10.1. The van der Waals surface area contributed by atoms with Gasteiger partial charge >= 0.3 is 6.18 Å². The average molecular weight is 411 g/mol. The van der Waals surface area contributed by atoms with Gasteiger partial charge in [0, 0.05) is 26.1 Å². The van der Waals surface area contributed by atoms with Crippen LogP contribution in [0.5, 0.6) is 0 Å². The zero-order valence-corrected chi connectivity index (χ0v) is 15.6. The third-order valence-corrected chi connectivity index (χ3v) is 5.09. The summed E-state index contributed by atoms with van der Waals surface area (Å²) in [6, 6.07) is 13.0. The number of alkyl halides is 3. The molecule has 1 unspecified atom stereocenters. The lowest BCUT2D eigenvalue weighted by Crippen LogP contribution is -2.32. The van der Waals surface area contributed by atoms with Crippen LogP contribution in [-0.2, 0) is 28.9 Å². The normalized spacial score (nSPS) is 17.1. The predicted octanol–water partition coefficient (Wildman–Crippen LogP) is 4.02. The summed E-state index contributed by atoms with van der Waals surface area (Å²) in [6.45, 7) is 0.559. The largest absolute Gasteiger partial charge is 0.417 e. The number of rotatable bonds is 5. The molecule has 0 spiro atoms. The Labute approximate surface area is 165 Å². The number of carbonyl (C=O) groups excluding carboxylic acids is 2. The minimum atomic E-state index is -4.56. The quantitative estimate of drug-likeness (QED) is 0.809. The van der Waals surface area contributed by atoms with E-state index in [2.05, 4.69) is 5.32 Å². The molecule has 4 nitrogen and oxygen atoms in total. The molecule has 28 heavy (non-hydrogen) atoms. The van der Waals surface area contributed by atoms with Crippen molar-refractivity contribution in [3.05, 3.63) is 70.2 Å². The van der Waals surface area contributed by atoms with Gasteiger partial charge in [-0.05, 0) is 17.2 Å². The maximum atomic E-state index is 12.9. The number of hydrogen-bond donors (Lipinski definition) is 1. The van der Waals surface area contributed by atoms with E-state index in [1.807, 2.05) is 30.3 Å². The number of benzene rings is 2. The monoisotopic (exact) mass is 410 g/mol. The summed E-state index contributed by atoms with van der Waals surface area (Å²) in [4.78, 5) is 26.2. The van der Waals surface area contributed by atoms with Crippen LogP contribution < -0.4 is 5.32 Å². The van der Waals surface area contributed by atoms with Gasteiger partial charge in [0.2, 0.25) is 11.8 Å². The van der Waals surface area contributed by atoms with Crippen LogP contribution in [0, 0.1) is 5.92 Å². The second-order valence-corrected chi connectivity index (χ2v) is 7.03. The average Bonchev–Trinajstić information content (AvgIpc) is 3.01. The van der Waals surface area contributed by atoms with Crippen molar-refractivity contribution in [3.63, 3.8) is 0 Å². The maximum Gasteiger partial charge on any atom is 0.417 e. The molecule has 2 aromatic carbocycles. The zero-order chi connectivity index (χ0) is 20.3. The molecule has 1 saturated heterocycles. The van der Waals surface area contributed by atoms with Gasteiger partial charge in [-0.1, -0.05) is 54.1 Å². The van der Waals surface area contributed by atoms with Crippen LogP contribution in [0.15, 0.2) is 48.5 Å². The fraction of sp³-hybridized carbons (Fsp3) is 0.300. The molecule has 0 aliphatic carbocycles. The zero-order valence-electron chi connectivity index (χ0n) is 14.8. The third-order valence-electron chi connectivity index (χ3n) is 4.64. The topological polar surface area (TPSA) is 49.4 Å². The SMILES string of the molecule is O=C(NCc1cccc(C(F)(F)F)c1Cl)C1CC(=O)N(Cc2ccccc2)C1. The molecule has 0 saturated carbocycles. The summed E-state index contributed by atoms with van der Waals surface area (Å²) in [5.41, 5.74) is 0.203. The molecular weight excluding hydrogens is 393 g/mol. The molecule has 8 heteroatoms. The van der Waals surface area contributed by atoms with Crippen LogP contribution >= 0.6 is 11.6 Å². The first kappa shape index (κ1) is 20.2. The number of amides is 2. The Kier molecular flexibility index (Phi) is 5.93.